The molecule has 82 valence electrons. The van der Waals surface area contributed by atoms with E-state index in [0.29, 0.717) is 0 Å². The van der Waals surface area contributed by atoms with Gasteiger partial charge >= 0.3 is 5.97 Å². The molecule has 0 aromatic carbocycles. The van der Waals surface area contributed by atoms with Crippen LogP contribution in [0.4, 0.5) is 0 Å². The van der Waals surface area contributed by atoms with Crippen LogP contribution in [0.1, 0.15) is 19.3 Å². The lowest BCUT2D eigenvalue weighted by molar-refractivity contribution is -0.151. The molecule has 1 saturated heterocycles. The van der Waals surface area contributed by atoms with Gasteiger partial charge in [-0.3, -0.25) is 4.79 Å². The Morgan fingerprint density at radius 1 is 1.64 bits per heavy atom. The molecule has 0 spiro atoms. The largest absolute Gasteiger partial charge is 0.462 e. The van der Waals surface area contributed by atoms with Gasteiger partial charge in [0.25, 0.3) is 0 Å². The standard InChI is InChI=1S/C9H17NO4/c10-8(5-11)9(12)14-6-7-3-1-2-4-13-7/h7-8,11H,1-6,10H2. The Morgan fingerprint density at radius 3 is 3.00 bits per heavy atom. The van der Waals surface area contributed by atoms with Crippen LogP contribution in [0.15, 0.2) is 0 Å². The first-order chi connectivity index (χ1) is 6.74. The first-order valence-electron chi connectivity index (χ1n) is 4.88. The van der Waals surface area contributed by atoms with Crippen molar-refractivity contribution in [1.82, 2.24) is 0 Å². The topological polar surface area (TPSA) is 81.8 Å². The van der Waals surface area contributed by atoms with Crippen LogP contribution < -0.4 is 5.73 Å². The molecule has 0 bridgehead atoms. The summed E-state index contributed by atoms with van der Waals surface area (Å²) in [7, 11) is 0. The monoisotopic (exact) mass is 203 g/mol. The van der Waals surface area contributed by atoms with Gasteiger partial charge < -0.3 is 20.3 Å². The summed E-state index contributed by atoms with van der Waals surface area (Å²) in [5.74, 6) is -0.568. The first kappa shape index (κ1) is 11.4. The number of rotatable bonds is 4. The molecule has 0 amide bonds. The summed E-state index contributed by atoms with van der Waals surface area (Å²) in [5, 5.41) is 8.59. The van der Waals surface area contributed by atoms with Crippen LogP contribution in [0.5, 0.6) is 0 Å². The van der Waals surface area contributed by atoms with Gasteiger partial charge in [0.1, 0.15) is 12.6 Å². The maximum absolute atomic E-state index is 11.1. The minimum atomic E-state index is -0.932. The molecule has 1 aliphatic rings. The zero-order valence-corrected chi connectivity index (χ0v) is 8.15. The maximum atomic E-state index is 11.1. The Balaban J connectivity index is 2.15. The summed E-state index contributed by atoms with van der Waals surface area (Å²) in [6.45, 7) is 0.588. The maximum Gasteiger partial charge on any atom is 0.325 e. The lowest BCUT2D eigenvalue weighted by Crippen LogP contribution is -2.37. The van der Waals surface area contributed by atoms with Crippen molar-refractivity contribution in [3.05, 3.63) is 0 Å². The summed E-state index contributed by atoms with van der Waals surface area (Å²) < 4.78 is 10.2. The van der Waals surface area contributed by atoms with E-state index in [2.05, 4.69) is 0 Å². The molecule has 2 unspecified atom stereocenters. The fourth-order valence-corrected chi connectivity index (χ4v) is 1.30. The normalized spacial score (nSPS) is 24.3. The van der Waals surface area contributed by atoms with Crippen LogP contribution >= 0.6 is 0 Å². The molecule has 0 radical (unpaired) electrons. The SMILES string of the molecule is NC(CO)C(=O)OCC1CCCCO1. The van der Waals surface area contributed by atoms with Crippen molar-refractivity contribution in [2.45, 2.75) is 31.4 Å². The molecule has 1 fully saturated rings. The van der Waals surface area contributed by atoms with Crippen molar-refractivity contribution in [3.8, 4) is 0 Å². The molecule has 1 heterocycles. The summed E-state index contributed by atoms with van der Waals surface area (Å²) >= 11 is 0. The lowest BCUT2D eigenvalue weighted by atomic mass is 10.1. The van der Waals surface area contributed by atoms with Crippen LogP contribution in [0, 0.1) is 0 Å². The number of aliphatic hydroxyl groups excluding tert-OH is 1. The second-order valence-electron chi connectivity index (χ2n) is 3.41. The summed E-state index contributed by atoms with van der Waals surface area (Å²) in [6.07, 6.45) is 3.09. The molecule has 0 aromatic heterocycles. The molecule has 2 atom stereocenters. The van der Waals surface area contributed by atoms with E-state index in [1.807, 2.05) is 0 Å². The molecule has 14 heavy (non-hydrogen) atoms. The highest BCUT2D eigenvalue weighted by Gasteiger charge is 2.18. The van der Waals surface area contributed by atoms with E-state index in [0.717, 1.165) is 25.9 Å². The number of hydrogen-bond acceptors (Lipinski definition) is 5. The predicted octanol–water partition coefficient (Wildman–Crippen LogP) is -0.582. The quantitative estimate of drug-likeness (QED) is 0.597. The number of hydrogen-bond donors (Lipinski definition) is 2. The van der Waals surface area contributed by atoms with Gasteiger partial charge in [-0.25, -0.2) is 0 Å². The van der Waals surface area contributed by atoms with E-state index in [1.54, 1.807) is 0 Å². The van der Waals surface area contributed by atoms with E-state index in [1.165, 1.54) is 0 Å². The van der Waals surface area contributed by atoms with Gasteiger partial charge in [-0.15, -0.1) is 0 Å². The molecule has 1 rings (SSSR count). The molecular weight excluding hydrogens is 186 g/mol. The lowest BCUT2D eigenvalue weighted by Gasteiger charge is -2.22. The van der Waals surface area contributed by atoms with Gasteiger partial charge in [-0.05, 0) is 19.3 Å². The van der Waals surface area contributed by atoms with Crippen molar-refractivity contribution in [3.63, 3.8) is 0 Å². The molecule has 0 aromatic rings. The van der Waals surface area contributed by atoms with Crippen molar-refractivity contribution in [2.24, 2.45) is 5.73 Å². The van der Waals surface area contributed by atoms with E-state index in [-0.39, 0.29) is 19.3 Å². The van der Waals surface area contributed by atoms with Crippen LogP contribution in [0.25, 0.3) is 0 Å². The third-order valence-corrected chi connectivity index (χ3v) is 2.18. The van der Waals surface area contributed by atoms with Crippen LogP contribution in [-0.4, -0.2) is 43.0 Å². The molecule has 0 saturated carbocycles. The van der Waals surface area contributed by atoms with E-state index in [9.17, 15) is 4.79 Å². The Labute approximate surface area is 83.2 Å². The number of aliphatic hydroxyl groups is 1. The highest BCUT2D eigenvalue weighted by molar-refractivity contribution is 5.75. The van der Waals surface area contributed by atoms with Gasteiger partial charge in [0.2, 0.25) is 0 Å². The first-order valence-corrected chi connectivity index (χ1v) is 4.88. The Bertz CT molecular complexity index is 180. The molecule has 5 nitrogen and oxygen atoms in total. The van der Waals surface area contributed by atoms with Crippen molar-refractivity contribution in [1.29, 1.82) is 0 Å². The van der Waals surface area contributed by atoms with E-state index < -0.39 is 12.0 Å². The third kappa shape index (κ3) is 3.61. The number of carbonyl (C=O) groups is 1. The Kier molecular flexibility index (Phi) is 4.86. The highest BCUT2D eigenvalue weighted by atomic mass is 16.6. The fourth-order valence-electron chi connectivity index (χ4n) is 1.30. The summed E-state index contributed by atoms with van der Waals surface area (Å²) in [5.41, 5.74) is 5.27. The van der Waals surface area contributed by atoms with Gasteiger partial charge in [-0.1, -0.05) is 0 Å². The molecule has 0 aliphatic carbocycles. The minimum absolute atomic E-state index is 0.00130. The van der Waals surface area contributed by atoms with Crippen molar-refractivity contribution in [2.75, 3.05) is 19.8 Å². The number of ether oxygens (including phenoxy) is 2. The average Bonchev–Trinajstić information content (AvgIpc) is 2.26. The van der Waals surface area contributed by atoms with Gasteiger partial charge in [0, 0.05) is 6.61 Å². The number of esters is 1. The van der Waals surface area contributed by atoms with Crippen LogP contribution in [0.3, 0.4) is 0 Å². The second-order valence-corrected chi connectivity index (χ2v) is 3.41. The number of carbonyl (C=O) groups excluding carboxylic acids is 1. The van der Waals surface area contributed by atoms with Crippen LogP contribution in [-0.2, 0) is 14.3 Å². The van der Waals surface area contributed by atoms with Gasteiger partial charge in [0.15, 0.2) is 0 Å². The molecule has 5 heteroatoms. The van der Waals surface area contributed by atoms with Crippen molar-refractivity contribution < 1.29 is 19.4 Å². The Morgan fingerprint density at radius 2 is 2.43 bits per heavy atom. The summed E-state index contributed by atoms with van der Waals surface area (Å²) in [4.78, 5) is 11.1. The fraction of sp³-hybridized carbons (Fsp3) is 0.889. The van der Waals surface area contributed by atoms with Crippen LogP contribution in [0.2, 0.25) is 0 Å². The highest BCUT2D eigenvalue weighted by Crippen LogP contribution is 2.12. The second kappa shape index (κ2) is 5.95. The Hall–Kier alpha value is -0.650. The zero-order valence-electron chi connectivity index (χ0n) is 8.15. The van der Waals surface area contributed by atoms with Crippen molar-refractivity contribution >= 4 is 5.97 Å². The molecule has 1 aliphatic heterocycles. The number of nitrogens with two attached hydrogens (primary N) is 1. The minimum Gasteiger partial charge on any atom is -0.462 e. The average molecular weight is 203 g/mol. The predicted molar refractivity (Wildman–Crippen MR) is 49.6 cm³/mol. The molecular formula is C9H17NO4. The van der Waals surface area contributed by atoms with E-state index in [4.69, 9.17) is 20.3 Å². The smallest absolute Gasteiger partial charge is 0.325 e. The zero-order chi connectivity index (χ0) is 10.4. The van der Waals surface area contributed by atoms with E-state index >= 15 is 0 Å². The van der Waals surface area contributed by atoms with Gasteiger partial charge in [0.05, 0.1) is 12.7 Å². The molecule has 3 N–H and O–H groups in total. The summed E-state index contributed by atoms with van der Waals surface area (Å²) in [6, 6.07) is -0.932. The third-order valence-electron chi connectivity index (χ3n) is 2.18. The van der Waals surface area contributed by atoms with Gasteiger partial charge in [-0.2, -0.15) is 0 Å².